The molecule has 0 bridgehead atoms. The van der Waals surface area contributed by atoms with Crippen molar-refractivity contribution in [3.8, 4) is 34.4 Å². The SMILES string of the molecule is CCCOc1cc(Oc2nc(O[C@H](CC)C(=O)O)c(F)cc2F)cc(-c2cccc(CN)c2)c1. The fraction of sp³-hybridized carbons (Fsp3) is 0.280. The van der Waals surface area contributed by atoms with Gasteiger partial charge < -0.3 is 25.1 Å². The minimum Gasteiger partial charge on any atom is -0.493 e. The van der Waals surface area contributed by atoms with E-state index in [1.54, 1.807) is 19.1 Å². The molecule has 3 rings (SSSR count). The van der Waals surface area contributed by atoms with Gasteiger partial charge in [0.25, 0.3) is 11.8 Å². The third-order valence-corrected chi connectivity index (χ3v) is 4.83. The molecule has 0 unspecified atom stereocenters. The summed E-state index contributed by atoms with van der Waals surface area (Å²) in [5.74, 6) is -4.05. The molecule has 3 N–H and O–H groups in total. The van der Waals surface area contributed by atoms with Crippen molar-refractivity contribution in [2.24, 2.45) is 5.73 Å². The van der Waals surface area contributed by atoms with E-state index in [0.29, 0.717) is 25.0 Å². The lowest BCUT2D eigenvalue weighted by Crippen LogP contribution is -2.26. The number of carbonyl (C=O) groups is 1. The van der Waals surface area contributed by atoms with Crippen LogP contribution < -0.4 is 19.9 Å². The molecule has 180 valence electrons. The second-order valence-corrected chi connectivity index (χ2v) is 7.46. The van der Waals surface area contributed by atoms with Gasteiger partial charge in [-0.05, 0) is 47.7 Å². The van der Waals surface area contributed by atoms with Gasteiger partial charge in [-0.3, -0.25) is 0 Å². The van der Waals surface area contributed by atoms with Crippen molar-refractivity contribution >= 4 is 5.97 Å². The highest BCUT2D eigenvalue weighted by molar-refractivity contribution is 5.72. The molecule has 1 aromatic heterocycles. The fourth-order valence-corrected chi connectivity index (χ4v) is 3.12. The van der Waals surface area contributed by atoms with Crippen LogP contribution in [0.1, 0.15) is 32.3 Å². The Morgan fingerprint density at radius 1 is 1.03 bits per heavy atom. The van der Waals surface area contributed by atoms with Crippen molar-refractivity contribution in [2.75, 3.05) is 6.61 Å². The summed E-state index contributed by atoms with van der Waals surface area (Å²) in [5, 5.41) is 9.16. The van der Waals surface area contributed by atoms with Gasteiger partial charge in [-0.2, -0.15) is 4.98 Å². The normalized spacial score (nSPS) is 11.7. The summed E-state index contributed by atoms with van der Waals surface area (Å²) in [6.45, 7) is 4.35. The van der Waals surface area contributed by atoms with Gasteiger partial charge >= 0.3 is 5.97 Å². The highest BCUT2D eigenvalue weighted by Gasteiger charge is 2.22. The maximum Gasteiger partial charge on any atom is 0.344 e. The van der Waals surface area contributed by atoms with E-state index in [-0.39, 0.29) is 12.2 Å². The molecule has 0 spiro atoms. The lowest BCUT2D eigenvalue weighted by atomic mass is 10.0. The lowest BCUT2D eigenvalue weighted by Gasteiger charge is -2.15. The van der Waals surface area contributed by atoms with E-state index in [0.717, 1.165) is 23.1 Å². The van der Waals surface area contributed by atoms with Crippen LogP contribution in [-0.4, -0.2) is 28.8 Å². The molecule has 2 aromatic carbocycles. The zero-order valence-corrected chi connectivity index (χ0v) is 18.9. The predicted molar refractivity (Wildman–Crippen MR) is 122 cm³/mol. The number of pyridine rings is 1. The molecule has 0 saturated heterocycles. The number of hydrogen-bond acceptors (Lipinski definition) is 6. The van der Waals surface area contributed by atoms with E-state index in [4.69, 9.17) is 25.1 Å². The Morgan fingerprint density at radius 3 is 2.44 bits per heavy atom. The van der Waals surface area contributed by atoms with E-state index in [1.165, 1.54) is 0 Å². The van der Waals surface area contributed by atoms with Gasteiger partial charge in [0.1, 0.15) is 11.5 Å². The zero-order chi connectivity index (χ0) is 24.7. The summed E-state index contributed by atoms with van der Waals surface area (Å²) in [7, 11) is 0. The van der Waals surface area contributed by atoms with Gasteiger partial charge in [-0.15, -0.1) is 0 Å². The molecule has 0 radical (unpaired) electrons. The Labute approximate surface area is 196 Å². The topological polar surface area (TPSA) is 104 Å². The molecule has 0 aliphatic carbocycles. The standard InChI is InChI=1S/C25H26F2N2O5/c1-3-8-32-18-10-17(16-7-5-6-15(9-16)14-28)11-19(12-18)33-23-20(26)13-21(27)24(29-23)34-22(4-2)25(30)31/h5-7,9-13,22H,3-4,8,14,28H2,1-2H3,(H,30,31)/t22-/m1/s1. The molecule has 34 heavy (non-hydrogen) atoms. The molecule has 0 fully saturated rings. The van der Waals surface area contributed by atoms with Crippen molar-refractivity contribution < 1.29 is 32.9 Å². The number of nitrogens with two attached hydrogens (primary N) is 1. The minimum absolute atomic E-state index is 0.0616. The first-order valence-corrected chi connectivity index (χ1v) is 10.8. The number of halogens is 2. The van der Waals surface area contributed by atoms with Crippen LogP contribution in [0.15, 0.2) is 48.5 Å². The van der Waals surface area contributed by atoms with Crippen molar-refractivity contribution in [2.45, 2.75) is 39.3 Å². The molecule has 7 nitrogen and oxygen atoms in total. The summed E-state index contributed by atoms with van der Waals surface area (Å²) >= 11 is 0. The average Bonchev–Trinajstić information content (AvgIpc) is 2.83. The van der Waals surface area contributed by atoms with Gasteiger partial charge in [-0.1, -0.05) is 32.0 Å². The van der Waals surface area contributed by atoms with E-state index in [9.17, 15) is 13.6 Å². The third kappa shape index (κ3) is 6.20. The number of rotatable bonds is 11. The molecule has 1 heterocycles. The number of hydrogen-bond donors (Lipinski definition) is 2. The summed E-state index contributed by atoms with van der Waals surface area (Å²) in [4.78, 5) is 15.0. The molecule has 0 aliphatic rings. The predicted octanol–water partition coefficient (Wildman–Crippen LogP) is 5.31. The Hall–Kier alpha value is -3.72. The van der Waals surface area contributed by atoms with Gasteiger partial charge in [-0.25, -0.2) is 13.6 Å². The van der Waals surface area contributed by atoms with Crippen LogP contribution in [0.25, 0.3) is 11.1 Å². The summed E-state index contributed by atoms with van der Waals surface area (Å²) in [5.41, 5.74) is 8.26. The lowest BCUT2D eigenvalue weighted by molar-refractivity contribution is -0.145. The Kier molecular flexibility index (Phi) is 8.37. The molecular formula is C25H26F2N2O5. The second kappa shape index (κ2) is 11.4. The average molecular weight is 472 g/mol. The van der Waals surface area contributed by atoms with E-state index < -0.39 is 35.5 Å². The van der Waals surface area contributed by atoms with Gasteiger partial charge in [0.05, 0.1) is 6.61 Å². The van der Waals surface area contributed by atoms with E-state index in [2.05, 4.69) is 4.98 Å². The first-order valence-electron chi connectivity index (χ1n) is 10.8. The minimum atomic E-state index is -1.34. The van der Waals surface area contributed by atoms with Crippen molar-refractivity contribution in [3.63, 3.8) is 0 Å². The molecule has 9 heteroatoms. The molecule has 0 saturated carbocycles. The number of nitrogens with zero attached hydrogens (tertiary/aromatic N) is 1. The number of benzene rings is 2. The summed E-state index contributed by atoms with van der Waals surface area (Å²) < 4.78 is 45.2. The smallest absolute Gasteiger partial charge is 0.344 e. The van der Waals surface area contributed by atoms with Crippen LogP contribution in [0.3, 0.4) is 0 Å². The quantitative estimate of drug-likeness (QED) is 0.390. The monoisotopic (exact) mass is 472 g/mol. The van der Waals surface area contributed by atoms with Gasteiger partial charge in [0.2, 0.25) is 0 Å². The molecule has 0 aliphatic heterocycles. The Morgan fingerprint density at radius 2 is 1.76 bits per heavy atom. The highest BCUT2D eigenvalue weighted by Crippen LogP contribution is 2.34. The summed E-state index contributed by atoms with van der Waals surface area (Å²) in [6, 6.07) is 13.2. The van der Waals surface area contributed by atoms with Crippen LogP contribution in [0, 0.1) is 11.6 Å². The van der Waals surface area contributed by atoms with Gasteiger partial charge in [0, 0.05) is 18.7 Å². The maximum atomic E-state index is 14.5. The number of ether oxygens (including phenoxy) is 3. The molecule has 1 atom stereocenters. The maximum absolute atomic E-state index is 14.5. The Bertz CT molecular complexity index is 1160. The van der Waals surface area contributed by atoms with Crippen LogP contribution in [0.5, 0.6) is 23.3 Å². The van der Waals surface area contributed by atoms with Crippen LogP contribution in [0.2, 0.25) is 0 Å². The molecular weight excluding hydrogens is 446 g/mol. The first kappa shape index (κ1) is 24.9. The largest absolute Gasteiger partial charge is 0.493 e. The number of aromatic nitrogens is 1. The van der Waals surface area contributed by atoms with Crippen molar-refractivity contribution in [3.05, 3.63) is 65.7 Å². The van der Waals surface area contributed by atoms with Crippen molar-refractivity contribution in [1.29, 1.82) is 0 Å². The number of carboxylic acids is 1. The van der Waals surface area contributed by atoms with E-state index in [1.807, 2.05) is 37.3 Å². The van der Waals surface area contributed by atoms with Crippen molar-refractivity contribution in [1.82, 2.24) is 4.98 Å². The number of carboxylic acid groups (broad SMARTS) is 1. The van der Waals surface area contributed by atoms with Crippen LogP contribution in [0.4, 0.5) is 8.78 Å². The summed E-state index contributed by atoms with van der Waals surface area (Å²) in [6.07, 6.45) is -0.501. The molecule has 3 aromatic rings. The third-order valence-electron chi connectivity index (χ3n) is 4.83. The molecule has 0 amide bonds. The second-order valence-electron chi connectivity index (χ2n) is 7.46. The first-order chi connectivity index (χ1) is 16.3. The van der Waals surface area contributed by atoms with Crippen LogP contribution in [-0.2, 0) is 11.3 Å². The van der Waals surface area contributed by atoms with Gasteiger partial charge in [0.15, 0.2) is 17.7 Å². The fourth-order valence-electron chi connectivity index (χ4n) is 3.12. The Balaban J connectivity index is 1.99. The zero-order valence-electron chi connectivity index (χ0n) is 18.9. The van der Waals surface area contributed by atoms with Crippen LogP contribution >= 0.6 is 0 Å². The van der Waals surface area contributed by atoms with E-state index >= 15 is 0 Å². The highest BCUT2D eigenvalue weighted by atomic mass is 19.1. The number of aliphatic carboxylic acids is 1.